The van der Waals surface area contributed by atoms with Gasteiger partial charge in [-0.2, -0.15) is 0 Å². The largest absolute Gasteiger partial charge is 0.307 e. The third-order valence-electron chi connectivity index (χ3n) is 6.51. The third kappa shape index (κ3) is 3.65. The Kier molecular flexibility index (Phi) is 5.03. The highest BCUT2D eigenvalue weighted by molar-refractivity contribution is 6.07. The van der Waals surface area contributed by atoms with Crippen LogP contribution >= 0.6 is 0 Å². The Morgan fingerprint density at radius 3 is 1.76 bits per heavy atom. The molecule has 3 heterocycles. The topological polar surface area (TPSA) is 56.5 Å². The van der Waals surface area contributed by atoms with Gasteiger partial charge < -0.3 is 4.57 Å². The average molecular weight is 476 g/mol. The fourth-order valence-electron chi connectivity index (χ4n) is 4.83. The monoisotopic (exact) mass is 475 g/mol. The van der Waals surface area contributed by atoms with Crippen LogP contribution in [-0.2, 0) is 0 Å². The van der Waals surface area contributed by atoms with Gasteiger partial charge in [-0.05, 0) is 30.3 Å². The highest BCUT2D eigenvalue weighted by Crippen LogP contribution is 2.35. The fourth-order valence-corrected chi connectivity index (χ4v) is 4.83. The maximum absolute atomic E-state index is 4.98. The van der Waals surface area contributed by atoms with Crippen molar-refractivity contribution in [1.29, 1.82) is 0 Å². The predicted octanol–water partition coefficient (Wildman–Crippen LogP) is 7.36. The Hall–Kier alpha value is -5.16. The van der Waals surface area contributed by atoms with E-state index in [9.17, 15) is 0 Å². The molecular formula is C32H21N5. The summed E-state index contributed by atoms with van der Waals surface area (Å²) in [5.74, 6) is 1.91. The van der Waals surface area contributed by atoms with E-state index in [1.54, 1.807) is 0 Å². The quantitative estimate of drug-likeness (QED) is 0.267. The standard InChI is InChI=1S/C32H21N5/c1-3-12-22(13-4-1)30-34-31(23-14-5-2-6-15-23)36-32(35-30)25-17-8-10-19-27(25)37-26-18-9-7-16-24(26)29-28(37)20-11-21-33-29/h1-21H. The summed E-state index contributed by atoms with van der Waals surface area (Å²) in [6.45, 7) is 0. The minimum absolute atomic E-state index is 0.623. The number of aromatic nitrogens is 5. The minimum Gasteiger partial charge on any atom is -0.307 e. The van der Waals surface area contributed by atoms with Gasteiger partial charge in [0.25, 0.3) is 0 Å². The van der Waals surface area contributed by atoms with Gasteiger partial charge in [-0.15, -0.1) is 0 Å². The molecular weight excluding hydrogens is 454 g/mol. The number of pyridine rings is 1. The van der Waals surface area contributed by atoms with Crippen LogP contribution in [0.3, 0.4) is 0 Å². The van der Waals surface area contributed by atoms with Crippen LogP contribution < -0.4 is 0 Å². The molecule has 0 unspecified atom stereocenters. The Morgan fingerprint density at radius 1 is 0.459 bits per heavy atom. The van der Waals surface area contributed by atoms with Gasteiger partial charge in [-0.25, -0.2) is 15.0 Å². The molecule has 0 spiro atoms. The molecule has 0 aliphatic carbocycles. The van der Waals surface area contributed by atoms with E-state index < -0.39 is 0 Å². The zero-order chi connectivity index (χ0) is 24.6. The smallest absolute Gasteiger partial charge is 0.166 e. The molecule has 0 amide bonds. The number of nitrogens with zero attached hydrogens (tertiary/aromatic N) is 5. The molecule has 7 rings (SSSR count). The first kappa shape index (κ1) is 21.1. The molecule has 5 heteroatoms. The van der Waals surface area contributed by atoms with Gasteiger partial charge in [0.2, 0.25) is 0 Å². The minimum atomic E-state index is 0.623. The van der Waals surface area contributed by atoms with Crippen molar-refractivity contribution in [2.45, 2.75) is 0 Å². The zero-order valence-electron chi connectivity index (χ0n) is 19.9. The van der Waals surface area contributed by atoms with Crippen molar-refractivity contribution < 1.29 is 0 Å². The van der Waals surface area contributed by atoms with Gasteiger partial charge in [-0.3, -0.25) is 4.98 Å². The Labute approximate surface area is 213 Å². The summed E-state index contributed by atoms with van der Waals surface area (Å²) in [5, 5.41) is 1.11. The van der Waals surface area contributed by atoms with Gasteiger partial charge in [0.1, 0.15) is 0 Å². The second-order valence-corrected chi connectivity index (χ2v) is 8.78. The summed E-state index contributed by atoms with van der Waals surface area (Å²) in [6, 6.07) is 40.8. The van der Waals surface area contributed by atoms with Gasteiger partial charge in [0.15, 0.2) is 17.5 Å². The summed E-state index contributed by atoms with van der Waals surface area (Å²) >= 11 is 0. The number of hydrogen-bond acceptors (Lipinski definition) is 4. The van der Waals surface area contributed by atoms with E-state index in [0.717, 1.165) is 44.3 Å². The first-order chi connectivity index (χ1) is 18.4. The maximum atomic E-state index is 4.98. The van der Waals surface area contributed by atoms with E-state index >= 15 is 0 Å². The molecule has 0 saturated carbocycles. The van der Waals surface area contributed by atoms with Crippen LogP contribution in [0, 0.1) is 0 Å². The number of para-hydroxylation sites is 2. The number of hydrogen-bond donors (Lipinski definition) is 0. The lowest BCUT2D eigenvalue weighted by molar-refractivity contribution is 1.06. The van der Waals surface area contributed by atoms with Crippen molar-refractivity contribution in [2.75, 3.05) is 0 Å². The van der Waals surface area contributed by atoms with Gasteiger partial charge in [0.05, 0.1) is 22.2 Å². The van der Waals surface area contributed by atoms with Crippen molar-refractivity contribution >= 4 is 21.9 Å². The molecule has 37 heavy (non-hydrogen) atoms. The Bertz CT molecular complexity index is 1760. The van der Waals surface area contributed by atoms with Crippen LogP contribution in [0.5, 0.6) is 0 Å². The number of fused-ring (bicyclic) bond motifs is 3. The van der Waals surface area contributed by atoms with Gasteiger partial charge >= 0.3 is 0 Å². The van der Waals surface area contributed by atoms with Crippen LogP contribution in [-0.4, -0.2) is 24.5 Å². The van der Waals surface area contributed by atoms with Crippen molar-refractivity contribution in [2.24, 2.45) is 0 Å². The van der Waals surface area contributed by atoms with E-state index in [0.29, 0.717) is 17.5 Å². The number of benzene rings is 4. The summed E-state index contributed by atoms with van der Waals surface area (Å²) in [6.07, 6.45) is 1.84. The van der Waals surface area contributed by atoms with E-state index in [1.807, 2.05) is 85.1 Å². The molecule has 0 radical (unpaired) electrons. The lowest BCUT2D eigenvalue weighted by atomic mass is 10.1. The van der Waals surface area contributed by atoms with Crippen LogP contribution in [0.2, 0.25) is 0 Å². The average Bonchev–Trinajstić information content (AvgIpc) is 3.32. The normalized spacial score (nSPS) is 11.2. The molecule has 0 atom stereocenters. The summed E-state index contributed by atoms with van der Waals surface area (Å²) in [4.78, 5) is 19.5. The first-order valence-electron chi connectivity index (χ1n) is 12.2. The summed E-state index contributed by atoms with van der Waals surface area (Å²) in [7, 11) is 0. The van der Waals surface area contributed by atoms with Crippen molar-refractivity contribution in [1.82, 2.24) is 24.5 Å². The SMILES string of the molecule is c1ccc(-c2nc(-c3ccccc3)nc(-c3ccccc3-n3c4ccccc4c4ncccc43)n2)cc1. The molecule has 0 N–H and O–H groups in total. The Balaban J connectivity index is 1.52. The fraction of sp³-hybridized carbons (Fsp3) is 0. The van der Waals surface area contributed by atoms with Gasteiger partial charge in [0, 0.05) is 28.3 Å². The van der Waals surface area contributed by atoms with E-state index in [-0.39, 0.29) is 0 Å². The highest BCUT2D eigenvalue weighted by Gasteiger charge is 2.19. The van der Waals surface area contributed by atoms with Crippen molar-refractivity contribution in [3.05, 3.63) is 128 Å². The molecule has 0 fully saturated rings. The second kappa shape index (κ2) is 8.81. The molecule has 0 bridgehead atoms. The van der Waals surface area contributed by atoms with Crippen LogP contribution in [0.25, 0.3) is 61.8 Å². The molecule has 174 valence electrons. The molecule has 5 nitrogen and oxygen atoms in total. The molecule has 0 aliphatic heterocycles. The predicted molar refractivity (Wildman–Crippen MR) is 148 cm³/mol. The zero-order valence-corrected chi connectivity index (χ0v) is 19.9. The number of rotatable bonds is 4. The van der Waals surface area contributed by atoms with Gasteiger partial charge in [-0.1, -0.05) is 91.0 Å². The first-order valence-corrected chi connectivity index (χ1v) is 12.2. The molecule has 4 aromatic carbocycles. The maximum Gasteiger partial charge on any atom is 0.166 e. The molecule has 0 saturated heterocycles. The van der Waals surface area contributed by atoms with Crippen LogP contribution in [0.4, 0.5) is 0 Å². The third-order valence-corrected chi connectivity index (χ3v) is 6.51. The van der Waals surface area contributed by atoms with Crippen molar-refractivity contribution in [3.8, 4) is 39.9 Å². The lowest BCUT2D eigenvalue weighted by Crippen LogP contribution is -2.03. The summed E-state index contributed by atoms with van der Waals surface area (Å²) < 4.78 is 2.25. The molecule has 3 aromatic heterocycles. The van der Waals surface area contributed by atoms with Crippen LogP contribution in [0.15, 0.2) is 128 Å². The van der Waals surface area contributed by atoms with E-state index in [2.05, 4.69) is 47.0 Å². The molecule has 7 aromatic rings. The Morgan fingerprint density at radius 2 is 1.03 bits per heavy atom. The lowest BCUT2D eigenvalue weighted by Gasteiger charge is -2.14. The molecule has 0 aliphatic rings. The van der Waals surface area contributed by atoms with Crippen LogP contribution in [0.1, 0.15) is 0 Å². The second-order valence-electron chi connectivity index (χ2n) is 8.78. The summed E-state index contributed by atoms with van der Waals surface area (Å²) in [5.41, 5.74) is 6.90. The van der Waals surface area contributed by atoms with Crippen molar-refractivity contribution in [3.63, 3.8) is 0 Å². The highest BCUT2D eigenvalue weighted by atomic mass is 15.1. The van der Waals surface area contributed by atoms with E-state index in [4.69, 9.17) is 19.9 Å². The van der Waals surface area contributed by atoms with E-state index in [1.165, 1.54) is 0 Å².